The van der Waals surface area contributed by atoms with E-state index in [9.17, 15) is 14.4 Å². The summed E-state index contributed by atoms with van der Waals surface area (Å²) in [6.07, 6.45) is 1.31. The zero-order valence-electron chi connectivity index (χ0n) is 19.5. The second-order valence-electron chi connectivity index (χ2n) is 8.88. The summed E-state index contributed by atoms with van der Waals surface area (Å²) in [5.74, 6) is -0.102. The van der Waals surface area contributed by atoms with Crippen LogP contribution in [0, 0.1) is 5.92 Å². The number of carbonyl (C=O) groups excluding carboxylic acids is 3. The third-order valence-corrected chi connectivity index (χ3v) is 6.95. The van der Waals surface area contributed by atoms with Gasteiger partial charge in [0.25, 0.3) is 5.91 Å². The first-order valence-electron chi connectivity index (χ1n) is 12.0. The van der Waals surface area contributed by atoms with Gasteiger partial charge in [0.15, 0.2) is 0 Å². The fourth-order valence-corrected chi connectivity index (χ4v) is 4.91. The van der Waals surface area contributed by atoms with E-state index in [4.69, 9.17) is 4.74 Å². The maximum absolute atomic E-state index is 13.2. The van der Waals surface area contributed by atoms with Gasteiger partial charge in [-0.3, -0.25) is 19.3 Å². The summed E-state index contributed by atoms with van der Waals surface area (Å²) in [6.45, 7) is 7.87. The van der Waals surface area contributed by atoms with Crippen molar-refractivity contribution in [2.75, 3.05) is 45.9 Å². The van der Waals surface area contributed by atoms with Crippen LogP contribution < -0.4 is 0 Å². The van der Waals surface area contributed by atoms with Crippen molar-refractivity contribution in [3.05, 3.63) is 48.0 Å². The van der Waals surface area contributed by atoms with Crippen molar-refractivity contribution in [2.45, 2.75) is 32.7 Å². The Bertz CT molecular complexity index is 1000. The Morgan fingerprint density at radius 2 is 1.58 bits per heavy atom. The van der Waals surface area contributed by atoms with E-state index in [2.05, 4.69) is 4.90 Å². The number of benzene rings is 2. The third kappa shape index (κ3) is 5.03. The Hall–Kier alpha value is -2.93. The molecule has 1 unspecified atom stereocenters. The first-order valence-corrected chi connectivity index (χ1v) is 12.0. The number of fused-ring (bicyclic) bond motifs is 1. The van der Waals surface area contributed by atoms with Crippen LogP contribution in [0.2, 0.25) is 0 Å². The number of piperazine rings is 1. The quantitative estimate of drug-likeness (QED) is 0.654. The number of carbonyl (C=O) groups is 3. The highest BCUT2D eigenvalue weighted by Gasteiger charge is 2.33. The molecular formula is C26H33N3O4. The average Bonchev–Trinajstić information content (AvgIpc) is 2.87. The van der Waals surface area contributed by atoms with Crippen LogP contribution in [0.15, 0.2) is 42.5 Å². The lowest BCUT2D eigenvalue weighted by molar-refractivity contribution is -0.152. The Kier molecular flexibility index (Phi) is 7.28. The molecule has 0 bridgehead atoms. The summed E-state index contributed by atoms with van der Waals surface area (Å²) in [5, 5.41) is 2.04. The highest BCUT2D eigenvalue weighted by molar-refractivity contribution is 6.07. The monoisotopic (exact) mass is 451 g/mol. The Morgan fingerprint density at radius 3 is 2.27 bits per heavy atom. The second kappa shape index (κ2) is 10.3. The van der Waals surface area contributed by atoms with Crippen molar-refractivity contribution in [1.82, 2.24) is 14.7 Å². The lowest BCUT2D eigenvalue weighted by Crippen LogP contribution is -2.56. The number of hydrogen-bond donors (Lipinski definition) is 0. The van der Waals surface area contributed by atoms with Crippen LogP contribution in [0.25, 0.3) is 10.8 Å². The number of esters is 1. The number of nitrogens with zero attached hydrogens (tertiary/aromatic N) is 3. The molecule has 2 aliphatic rings. The topological polar surface area (TPSA) is 70.2 Å². The van der Waals surface area contributed by atoms with Gasteiger partial charge in [-0.1, -0.05) is 36.4 Å². The van der Waals surface area contributed by atoms with Gasteiger partial charge in [-0.2, -0.15) is 0 Å². The Balaban J connectivity index is 1.31. The van der Waals surface area contributed by atoms with Gasteiger partial charge < -0.3 is 14.5 Å². The lowest BCUT2D eigenvalue weighted by atomic mass is 9.96. The smallest absolute Gasteiger partial charge is 0.309 e. The van der Waals surface area contributed by atoms with Crippen molar-refractivity contribution in [3.63, 3.8) is 0 Å². The first-order chi connectivity index (χ1) is 16.0. The maximum Gasteiger partial charge on any atom is 0.309 e. The molecule has 176 valence electrons. The van der Waals surface area contributed by atoms with Crippen LogP contribution in [0.1, 0.15) is 37.0 Å². The minimum Gasteiger partial charge on any atom is -0.466 e. The molecule has 7 heteroatoms. The fourth-order valence-electron chi connectivity index (χ4n) is 4.91. The number of likely N-dealkylation sites (tertiary alicyclic amines) is 1. The van der Waals surface area contributed by atoms with Gasteiger partial charge in [-0.05, 0) is 43.5 Å². The number of hydrogen-bond acceptors (Lipinski definition) is 5. The number of ether oxygens (including phenoxy) is 1. The molecule has 2 aromatic carbocycles. The highest BCUT2D eigenvalue weighted by Crippen LogP contribution is 2.22. The second-order valence-corrected chi connectivity index (χ2v) is 8.88. The molecule has 2 heterocycles. The summed E-state index contributed by atoms with van der Waals surface area (Å²) in [5.41, 5.74) is 0.732. The van der Waals surface area contributed by atoms with E-state index < -0.39 is 0 Å². The van der Waals surface area contributed by atoms with E-state index in [1.54, 1.807) is 0 Å². The standard InChI is InChI=1S/C26H33N3O4/c1-3-33-26(32)21-11-13-28(14-12-21)24(30)19(2)27-15-17-29(18-16-27)25(31)23-10-6-8-20-7-4-5-9-22(20)23/h4-10,19,21H,3,11-18H2,1-2H3. The molecule has 33 heavy (non-hydrogen) atoms. The van der Waals surface area contributed by atoms with Gasteiger partial charge in [0.05, 0.1) is 18.6 Å². The van der Waals surface area contributed by atoms with Gasteiger partial charge in [0.1, 0.15) is 0 Å². The van der Waals surface area contributed by atoms with E-state index in [-0.39, 0.29) is 29.7 Å². The lowest BCUT2D eigenvalue weighted by Gasteiger charge is -2.40. The minimum atomic E-state index is -0.237. The van der Waals surface area contributed by atoms with E-state index >= 15 is 0 Å². The molecular weight excluding hydrogens is 418 g/mol. The summed E-state index contributed by atoms with van der Waals surface area (Å²) < 4.78 is 5.12. The number of piperidine rings is 1. The molecule has 7 nitrogen and oxygen atoms in total. The molecule has 0 aliphatic carbocycles. The van der Waals surface area contributed by atoms with Crippen LogP contribution in [0.3, 0.4) is 0 Å². The molecule has 0 spiro atoms. The van der Waals surface area contributed by atoms with E-state index in [0.717, 1.165) is 16.3 Å². The van der Waals surface area contributed by atoms with Gasteiger partial charge >= 0.3 is 5.97 Å². The Labute approximate surface area is 195 Å². The third-order valence-electron chi connectivity index (χ3n) is 6.95. The molecule has 1 atom stereocenters. The maximum atomic E-state index is 13.2. The van der Waals surface area contributed by atoms with E-state index in [1.807, 2.05) is 66.1 Å². The van der Waals surface area contributed by atoms with Crippen LogP contribution >= 0.6 is 0 Å². The van der Waals surface area contributed by atoms with Gasteiger partial charge in [-0.15, -0.1) is 0 Å². The van der Waals surface area contributed by atoms with Gasteiger partial charge in [-0.25, -0.2) is 0 Å². The van der Waals surface area contributed by atoms with Crippen molar-refractivity contribution >= 4 is 28.6 Å². The predicted molar refractivity (Wildman–Crippen MR) is 127 cm³/mol. The SMILES string of the molecule is CCOC(=O)C1CCN(C(=O)C(C)N2CCN(C(=O)c3cccc4ccccc34)CC2)CC1. The van der Waals surface area contributed by atoms with Crippen molar-refractivity contribution < 1.29 is 19.1 Å². The highest BCUT2D eigenvalue weighted by atomic mass is 16.5. The average molecular weight is 452 g/mol. The molecule has 2 aromatic rings. The predicted octanol–water partition coefficient (Wildman–Crippen LogP) is 2.79. The van der Waals surface area contributed by atoms with Crippen LogP contribution in [0.4, 0.5) is 0 Å². The van der Waals surface area contributed by atoms with Crippen molar-refractivity contribution in [1.29, 1.82) is 0 Å². The molecule has 2 saturated heterocycles. The first kappa shape index (κ1) is 23.2. The summed E-state index contributed by atoms with van der Waals surface area (Å²) in [6, 6.07) is 13.6. The normalized spacial score (nSPS) is 18.8. The molecule has 2 fully saturated rings. The van der Waals surface area contributed by atoms with Gasteiger partial charge in [0.2, 0.25) is 5.91 Å². The van der Waals surface area contributed by atoms with Crippen molar-refractivity contribution in [3.8, 4) is 0 Å². The van der Waals surface area contributed by atoms with Crippen LogP contribution in [0.5, 0.6) is 0 Å². The number of rotatable bonds is 5. The summed E-state index contributed by atoms with van der Waals surface area (Å²) in [7, 11) is 0. The Morgan fingerprint density at radius 1 is 0.909 bits per heavy atom. The number of amides is 2. The molecule has 2 amide bonds. The zero-order valence-corrected chi connectivity index (χ0v) is 19.5. The van der Waals surface area contributed by atoms with Crippen molar-refractivity contribution in [2.24, 2.45) is 5.92 Å². The molecule has 0 radical (unpaired) electrons. The molecule has 0 N–H and O–H groups in total. The largest absolute Gasteiger partial charge is 0.466 e. The molecule has 0 saturated carbocycles. The van der Waals surface area contributed by atoms with E-state index in [1.165, 1.54) is 0 Å². The minimum absolute atomic E-state index is 0.0477. The van der Waals surface area contributed by atoms with Gasteiger partial charge in [0, 0.05) is 44.8 Å². The van der Waals surface area contributed by atoms with Crippen LogP contribution in [-0.2, 0) is 14.3 Å². The fraction of sp³-hybridized carbons (Fsp3) is 0.500. The van der Waals surface area contributed by atoms with E-state index in [0.29, 0.717) is 58.7 Å². The van der Waals surface area contributed by atoms with Crippen LogP contribution in [-0.4, -0.2) is 84.4 Å². The zero-order chi connectivity index (χ0) is 23.4. The molecule has 2 aliphatic heterocycles. The molecule has 0 aromatic heterocycles. The summed E-state index contributed by atoms with van der Waals surface area (Å²) in [4.78, 5) is 44.1. The summed E-state index contributed by atoms with van der Waals surface area (Å²) >= 11 is 0. The molecule has 4 rings (SSSR count).